The summed E-state index contributed by atoms with van der Waals surface area (Å²) in [4.78, 5) is 54.9. The summed E-state index contributed by atoms with van der Waals surface area (Å²) < 4.78 is 17.0. The number of fused-ring (bicyclic) bond motifs is 1. The summed E-state index contributed by atoms with van der Waals surface area (Å²) >= 11 is 0. The van der Waals surface area contributed by atoms with E-state index in [1.54, 1.807) is 44.5 Å². The van der Waals surface area contributed by atoms with E-state index in [1.165, 1.54) is 4.90 Å². The lowest BCUT2D eigenvalue weighted by Crippen LogP contribution is -2.53. The quantitative estimate of drug-likeness (QED) is 0.337. The van der Waals surface area contributed by atoms with Crippen molar-refractivity contribution >= 4 is 23.6 Å². The van der Waals surface area contributed by atoms with Gasteiger partial charge in [0.25, 0.3) is 5.91 Å². The standard InChI is InChI=1S/C33H38N4O7/c1-22-13-14-28(29(19-22)42-3)43-17-15-34-32(40)25-21-30(38)35-26(20-23-9-5-4-6-10-23)33(41)37(2)16-18-44-27-12-8-7-11-24(27)31(39)36-25/h4-14,19,25-26H,15-18,20-21H2,1-3H3,(H,34,40)(H,35,38)(H,36,39)/t25-,26+/m0/s1. The lowest BCUT2D eigenvalue weighted by atomic mass is 10.0. The van der Waals surface area contributed by atoms with Crippen LogP contribution in [0.25, 0.3) is 0 Å². The molecule has 3 aromatic rings. The van der Waals surface area contributed by atoms with E-state index in [9.17, 15) is 19.2 Å². The van der Waals surface area contributed by atoms with Gasteiger partial charge in [0, 0.05) is 13.5 Å². The van der Waals surface area contributed by atoms with E-state index >= 15 is 0 Å². The average Bonchev–Trinajstić information content (AvgIpc) is 3.02. The van der Waals surface area contributed by atoms with Gasteiger partial charge in [-0.3, -0.25) is 19.2 Å². The average molecular weight is 603 g/mol. The van der Waals surface area contributed by atoms with Crippen LogP contribution in [-0.4, -0.2) is 81.1 Å². The van der Waals surface area contributed by atoms with Crippen LogP contribution < -0.4 is 30.2 Å². The third kappa shape index (κ3) is 8.73. The molecule has 1 heterocycles. The van der Waals surface area contributed by atoms with E-state index in [0.717, 1.165) is 11.1 Å². The molecule has 232 valence electrons. The monoisotopic (exact) mass is 602 g/mol. The zero-order chi connectivity index (χ0) is 31.5. The van der Waals surface area contributed by atoms with Crippen LogP contribution >= 0.6 is 0 Å². The van der Waals surface area contributed by atoms with Gasteiger partial charge in [0.1, 0.15) is 31.0 Å². The number of rotatable bonds is 8. The Labute approximate surface area is 256 Å². The fraction of sp³-hybridized carbons (Fsp3) is 0.333. The van der Waals surface area contributed by atoms with Crippen LogP contribution in [0.3, 0.4) is 0 Å². The number of amides is 4. The molecule has 0 spiro atoms. The molecule has 2 atom stereocenters. The number of hydrogen-bond acceptors (Lipinski definition) is 7. The second-order valence-corrected chi connectivity index (χ2v) is 10.4. The lowest BCUT2D eigenvalue weighted by Gasteiger charge is -2.27. The summed E-state index contributed by atoms with van der Waals surface area (Å²) in [5.41, 5.74) is 2.07. The van der Waals surface area contributed by atoms with E-state index in [0.29, 0.717) is 17.2 Å². The maximum absolute atomic E-state index is 13.4. The minimum absolute atomic E-state index is 0.101. The second kappa shape index (κ2) is 15.4. The van der Waals surface area contributed by atoms with Crippen LogP contribution in [0.15, 0.2) is 72.8 Å². The highest BCUT2D eigenvalue weighted by Crippen LogP contribution is 2.27. The SMILES string of the molecule is COc1cc(C)ccc1OCCNC(=O)[C@@H]1CC(=O)N[C@H](Cc2ccccc2)C(=O)N(C)CCOc2ccccc2C(=O)N1. The third-order valence-electron chi connectivity index (χ3n) is 7.10. The van der Waals surface area contributed by atoms with Gasteiger partial charge in [-0.25, -0.2) is 0 Å². The summed E-state index contributed by atoms with van der Waals surface area (Å²) in [6.07, 6.45) is -0.141. The number of carbonyl (C=O) groups is 4. The van der Waals surface area contributed by atoms with Crippen molar-refractivity contribution in [1.82, 2.24) is 20.9 Å². The van der Waals surface area contributed by atoms with Crippen LogP contribution in [-0.2, 0) is 20.8 Å². The van der Waals surface area contributed by atoms with E-state index in [4.69, 9.17) is 14.2 Å². The predicted molar refractivity (Wildman–Crippen MR) is 164 cm³/mol. The maximum Gasteiger partial charge on any atom is 0.255 e. The highest BCUT2D eigenvalue weighted by molar-refractivity contribution is 6.01. The molecule has 3 N–H and O–H groups in total. The zero-order valence-corrected chi connectivity index (χ0v) is 25.1. The topological polar surface area (TPSA) is 135 Å². The van der Waals surface area contributed by atoms with Crippen LogP contribution in [0.1, 0.15) is 27.9 Å². The highest BCUT2D eigenvalue weighted by atomic mass is 16.5. The number of aryl methyl sites for hydroxylation is 1. The van der Waals surface area contributed by atoms with Gasteiger partial charge in [0.05, 0.1) is 32.2 Å². The summed E-state index contributed by atoms with van der Waals surface area (Å²) in [5.74, 6) is -0.628. The number of carbonyl (C=O) groups excluding carboxylic acids is 4. The molecule has 1 aliphatic rings. The smallest absolute Gasteiger partial charge is 0.255 e. The number of likely N-dealkylation sites (N-methyl/N-ethyl adjacent to an activating group) is 1. The molecule has 3 aromatic carbocycles. The van der Waals surface area contributed by atoms with Crippen LogP contribution in [0.4, 0.5) is 0 Å². The molecular formula is C33H38N4O7. The molecule has 0 unspecified atom stereocenters. The number of hydrogen-bond donors (Lipinski definition) is 3. The van der Waals surface area contributed by atoms with Gasteiger partial charge in [0.2, 0.25) is 17.7 Å². The first kappa shape index (κ1) is 31.9. The number of para-hydroxylation sites is 1. The number of benzene rings is 3. The number of nitrogens with one attached hydrogen (secondary N) is 3. The number of ether oxygens (including phenoxy) is 3. The zero-order valence-electron chi connectivity index (χ0n) is 25.1. The summed E-state index contributed by atoms with van der Waals surface area (Å²) in [6.45, 7) is 2.51. The predicted octanol–water partition coefficient (Wildman–Crippen LogP) is 2.27. The molecule has 0 saturated heterocycles. The van der Waals surface area contributed by atoms with Crippen LogP contribution in [0, 0.1) is 6.92 Å². The Morgan fingerprint density at radius 1 is 1.00 bits per heavy atom. The molecule has 0 fully saturated rings. The Bertz CT molecular complexity index is 1460. The molecule has 0 saturated carbocycles. The molecule has 11 nitrogen and oxygen atoms in total. The Morgan fingerprint density at radius 3 is 2.52 bits per heavy atom. The first-order chi connectivity index (χ1) is 21.2. The van der Waals surface area contributed by atoms with Gasteiger partial charge in [-0.2, -0.15) is 0 Å². The molecule has 0 aromatic heterocycles. The van der Waals surface area contributed by atoms with Crippen molar-refractivity contribution in [2.45, 2.75) is 31.8 Å². The molecule has 44 heavy (non-hydrogen) atoms. The van der Waals surface area contributed by atoms with Crippen molar-refractivity contribution in [3.05, 3.63) is 89.5 Å². The Balaban J connectivity index is 1.51. The van der Waals surface area contributed by atoms with E-state index in [2.05, 4.69) is 16.0 Å². The van der Waals surface area contributed by atoms with Gasteiger partial charge >= 0.3 is 0 Å². The minimum atomic E-state index is -1.24. The summed E-state index contributed by atoms with van der Waals surface area (Å²) in [6, 6.07) is 19.3. The Morgan fingerprint density at radius 2 is 1.75 bits per heavy atom. The van der Waals surface area contributed by atoms with Gasteiger partial charge in [-0.05, 0) is 42.3 Å². The van der Waals surface area contributed by atoms with E-state index in [1.807, 2.05) is 49.4 Å². The van der Waals surface area contributed by atoms with Crippen molar-refractivity contribution in [3.63, 3.8) is 0 Å². The van der Waals surface area contributed by atoms with E-state index < -0.39 is 36.2 Å². The van der Waals surface area contributed by atoms with Crippen molar-refractivity contribution in [2.24, 2.45) is 0 Å². The Kier molecular flexibility index (Phi) is 11.2. The molecule has 0 bridgehead atoms. The van der Waals surface area contributed by atoms with Crippen molar-refractivity contribution in [2.75, 3.05) is 40.5 Å². The first-order valence-corrected chi connectivity index (χ1v) is 14.4. The molecule has 1 aliphatic heterocycles. The van der Waals surface area contributed by atoms with Crippen molar-refractivity contribution in [1.29, 1.82) is 0 Å². The van der Waals surface area contributed by atoms with Gasteiger partial charge in [-0.1, -0.05) is 48.5 Å². The third-order valence-corrected chi connectivity index (χ3v) is 7.10. The summed E-state index contributed by atoms with van der Waals surface area (Å²) in [7, 11) is 3.18. The molecule has 0 aliphatic carbocycles. The molecule has 0 radical (unpaired) electrons. The van der Waals surface area contributed by atoms with Gasteiger partial charge < -0.3 is 35.1 Å². The molecule has 11 heteroatoms. The second-order valence-electron chi connectivity index (χ2n) is 10.4. The largest absolute Gasteiger partial charge is 0.493 e. The van der Waals surface area contributed by atoms with Crippen molar-refractivity contribution in [3.8, 4) is 17.2 Å². The molecule has 4 amide bonds. The van der Waals surface area contributed by atoms with Crippen LogP contribution in [0.2, 0.25) is 0 Å². The summed E-state index contributed by atoms with van der Waals surface area (Å²) in [5, 5.41) is 8.19. The van der Waals surface area contributed by atoms with Gasteiger partial charge in [0.15, 0.2) is 11.5 Å². The lowest BCUT2D eigenvalue weighted by molar-refractivity contribution is -0.136. The normalized spacial score (nSPS) is 17.7. The first-order valence-electron chi connectivity index (χ1n) is 14.4. The van der Waals surface area contributed by atoms with Gasteiger partial charge in [-0.15, -0.1) is 0 Å². The highest BCUT2D eigenvalue weighted by Gasteiger charge is 2.30. The Hall–Kier alpha value is -5.06. The maximum atomic E-state index is 13.4. The number of nitrogens with zero attached hydrogens (tertiary/aromatic N) is 1. The van der Waals surface area contributed by atoms with Crippen molar-refractivity contribution < 1.29 is 33.4 Å². The number of methoxy groups -OCH3 is 1. The fourth-order valence-corrected chi connectivity index (χ4v) is 4.74. The minimum Gasteiger partial charge on any atom is -0.493 e. The van der Waals surface area contributed by atoms with Crippen LogP contribution in [0.5, 0.6) is 17.2 Å². The molecular weight excluding hydrogens is 564 g/mol. The fourth-order valence-electron chi connectivity index (χ4n) is 4.74. The van der Waals surface area contributed by atoms with E-state index in [-0.39, 0.29) is 44.2 Å². The molecule has 4 rings (SSSR count).